The lowest BCUT2D eigenvalue weighted by Crippen LogP contribution is -2.22. The molecule has 0 radical (unpaired) electrons. The molecule has 19 heavy (non-hydrogen) atoms. The van der Waals surface area contributed by atoms with Gasteiger partial charge in [-0.05, 0) is 36.7 Å². The average molecular weight is 255 g/mol. The summed E-state index contributed by atoms with van der Waals surface area (Å²) in [6, 6.07) is 16.1. The van der Waals surface area contributed by atoms with Crippen molar-refractivity contribution in [3.63, 3.8) is 0 Å². The first-order chi connectivity index (χ1) is 9.17. The van der Waals surface area contributed by atoms with Crippen LogP contribution < -0.4 is 0 Å². The summed E-state index contributed by atoms with van der Waals surface area (Å²) in [7, 11) is 0. The molecule has 0 fully saturated rings. The summed E-state index contributed by atoms with van der Waals surface area (Å²) in [5.41, 5.74) is 3.78. The highest BCUT2D eigenvalue weighted by Gasteiger charge is 2.05. The zero-order chi connectivity index (χ0) is 13.7. The first-order valence-electron chi connectivity index (χ1n) is 6.73. The van der Waals surface area contributed by atoms with E-state index in [9.17, 15) is 5.11 Å². The molecule has 0 aliphatic rings. The van der Waals surface area contributed by atoms with Gasteiger partial charge < -0.3 is 5.11 Å². The Morgan fingerprint density at radius 3 is 2.16 bits per heavy atom. The van der Waals surface area contributed by atoms with E-state index in [1.807, 2.05) is 12.1 Å². The van der Waals surface area contributed by atoms with Gasteiger partial charge in [0, 0.05) is 13.1 Å². The number of phenols is 1. The molecule has 0 amide bonds. The topological polar surface area (TPSA) is 23.5 Å². The Hall–Kier alpha value is -1.80. The lowest BCUT2D eigenvalue weighted by atomic mass is 10.1. The van der Waals surface area contributed by atoms with Crippen LogP contribution in [0.2, 0.25) is 0 Å². The fourth-order valence-electron chi connectivity index (χ4n) is 2.26. The Balaban J connectivity index is 2.04. The van der Waals surface area contributed by atoms with Crippen LogP contribution >= 0.6 is 0 Å². The van der Waals surface area contributed by atoms with Gasteiger partial charge in [-0.1, -0.05) is 48.9 Å². The standard InChI is InChI=1S/C17H21NO/c1-3-18(12-15-7-4-6-14(2)10-15)13-16-8-5-9-17(19)11-16/h4-11,19H,3,12-13H2,1-2H3. The van der Waals surface area contributed by atoms with E-state index in [4.69, 9.17) is 0 Å². The number of rotatable bonds is 5. The molecule has 0 heterocycles. The molecule has 2 aromatic rings. The molecule has 0 saturated heterocycles. The molecule has 0 aliphatic carbocycles. The van der Waals surface area contributed by atoms with Crippen LogP contribution in [0.15, 0.2) is 48.5 Å². The predicted octanol–water partition coefficient (Wildman–Crippen LogP) is 3.72. The Bertz CT molecular complexity index is 489. The van der Waals surface area contributed by atoms with Crippen LogP contribution in [0.3, 0.4) is 0 Å². The van der Waals surface area contributed by atoms with Crippen molar-refractivity contribution in [3.05, 3.63) is 65.2 Å². The smallest absolute Gasteiger partial charge is 0.115 e. The van der Waals surface area contributed by atoms with E-state index in [1.165, 1.54) is 11.1 Å². The number of phenolic OH excluding ortho intramolecular Hbond substituents is 1. The molecular weight excluding hydrogens is 234 g/mol. The summed E-state index contributed by atoms with van der Waals surface area (Å²) in [4.78, 5) is 2.36. The normalized spacial score (nSPS) is 10.9. The van der Waals surface area contributed by atoms with Crippen molar-refractivity contribution >= 4 is 0 Å². The number of benzene rings is 2. The van der Waals surface area contributed by atoms with Crippen LogP contribution in [0.5, 0.6) is 5.75 Å². The third-order valence-electron chi connectivity index (χ3n) is 3.25. The van der Waals surface area contributed by atoms with Gasteiger partial charge in [0.25, 0.3) is 0 Å². The van der Waals surface area contributed by atoms with Gasteiger partial charge in [0.1, 0.15) is 5.75 Å². The maximum absolute atomic E-state index is 9.51. The molecule has 0 bridgehead atoms. The number of aryl methyl sites for hydroxylation is 1. The van der Waals surface area contributed by atoms with Crippen LogP contribution in [0.25, 0.3) is 0 Å². The molecule has 0 saturated carbocycles. The first-order valence-corrected chi connectivity index (χ1v) is 6.73. The van der Waals surface area contributed by atoms with Gasteiger partial charge in [0.2, 0.25) is 0 Å². The summed E-state index contributed by atoms with van der Waals surface area (Å²) in [5.74, 6) is 0.337. The van der Waals surface area contributed by atoms with Crippen molar-refractivity contribution in [2.75, 3.05) is 6.54 Å². The van der Waals surface area contributed by atoms with Gasteiger partial charge >= 0.3 is 0 Å². The summed E-state index contributed by atoms with van der Waals surface area (Å²) in [5, 5.41) is 9.51. The van der Waals surface area contributed by atoms with Gasteiger partial charge in [-0.25, -0.2) is 0 Å². The van der Waals surface area contributed by atoms with Crippen molar-refractivity contribution in [2.24, 2.45) is 0 Å². The molecule has 0 atom stereocenters. The van der Waals surface area contributed by atoms with Crippen molar-refractivity contribution in [1.82, 2.24) is 4.90 Å². The van der Waals surface area contributed by atoms with Crippen LogP contribution in [0.4, 0.5) is 0 Å². The first kappa shape index (κ1) is 13.6. The van der Waals surface area contributed by atoms with Crippen LogP contribution in [0, 0.1) is 6.92 Å². The van der Waals surface area contributed by atoms with Gasteiger partial charge in [0.05, 0.1) is 0 Å². The van der Waals surface area contributed by atoms with E-state index < -0.39 is 0 Å². The second kappa shape index (κ2) is 6.39. The van der Waals surface area contributed by atoms with E-state index in [2.05, 4.69) is 49.1 Å². The SMILES string of the molecule is CCN(Cc1cccc(C)c1)Cc1cccc(O)c1. The lowest BCUT2D eigenvalue weighted by Gasteiger charge is -2.21. The Labute approximate surface area is 115 Å². The second-order valence-corrected chi connectivity index (χ2v) is 4.96. The third-order valence-corrected chi connectivity index (χ3v) is 3.25. The van der Waals surface area contributed by atoms with Crippen LogP contribution in [-0.2, 0) is 13.1 Å². The number of aromatic hydroxyl groups is 1. The van der Waals surface area contributed by atoms with Gasteiger partial charge in [-0.2, -0.15) is 0 Å². The monoisotopic (exact) mass is 255 g/mol. The van der Waals surface area contributed by atoms with E-state index in [0.29, 0.717) is 5.75 Å². The molecule has 1 N–H and O–H groups in total. The Kier molecular flexibility index (Phi) is 4.58. The zero-order valence-corrected chi connectivity index (χ0v) is 11.6. The number of hydrogen-bond acceptors (Lipinski definition) is 2. The van der Waals surface area contributed by atoms with Crippen molar-refractivity contribution in [1.29, 1.82) is 0 Å². The third kappa shape index (κ3) is 4.11. The fraction of sp³-hybridized carbons (Fsp3) is 0.294. The molecule has 2 rings (SSSR count). The summed E-state index contributed by atoms with van der Waals surface area (Å²) >= 11 is 0. The highest BCUT2D eigenvalue weighted by atomic mass is 16.3. The minimum Gasteiger partial charge on any atom is -0.508 e. The minimum absolute atomic E-state index is 0.337. The predicted molar refractivity (Wildman–Crippen MR) is 79.1 cm³/mol. The molecular formula is C17H21NO. The molecule has 0 aromatic heterocycles. The van der Waals surface area contributed by atoms with Crippen molar-refractivity contribution in [2.45, 2.75) is 26.9 Å². The van der Waals surface area contributed by atoms with E-state index in [0.717, 1.165) is 25.2 Å². The number of nitrogens with zero attached hydrogens (tertiary/aromatic N) is 1. The maximum atomic E-state index is 9.51. The largest absolute Gasteiger partial charge is 0.508 e. The van der Waals surface area contributed by atoms with E-state index in [1.54, 1.807) is 6.07 Å². The molecule has 2 aromatic carbocycles. The quantitative estimate of drug-likeness (QED) is 0.880. The average Bonchev–Trinajstić information content (AvgIpc) is 2.38. The molecule has 0 spiro atoms. The molecule has 0 aliphatic heterocycles. The van der Waals surface area contributed by atoms with Gasteiger partial charge in [0.15, 0.2) is 0 Å². The number of hydrogen-bond donors (Lipinski definition) is 1. The molecule has 2 nitrogen and oxygen atoms in total. The highest BCUT2D eigenvalue weighted by Crippen LogP contribution is 2.15. The van der Waals surface area contributed by atoms with Crippen molar-refractivity contribution in [3.8, 4) is 5.75 Å². The summed E-state index contributed by atoms with van der Waals surface area (Å²) < 4.78 is 0. The van der Waals surface area contributed by atoms with Gasteiger partial charge in [-0.15, -0.1) is 0 Å². The lowest BCUT2D eigenvalue weighted by molar-refractivity contribution is 0.271. The summed E-state index contributed by atoms with van der Waals surface area (Å²) in [6.45, 7) is 7.07. The van der Waals surface area contributed by atoms with Crippen LogP contribution in [-0.4, -0.2) is 16.6 Å². The van der Waals surface area contributed by atoms with E-state index >= 15 is 0 Å². The molecule has 100 valence electrons. The minimum atomic E-state index is 0.337. The Morgan fingerprint density at radius 1 is 0.947 bits per heavy atom. The Morgan fingerprint density at radius 2 is 1.58 bits per heavy atom. The van der Waals surface area contributed by atoms with Gasteiger partial charge in [-0.3, -0.25) is 4.90 Å². The fourth-order valence-corrected chi connectivity index (χ4v) is 2.26. The molecule has 0 unspecified atom stereocenters. The molecule has 2 heteroatoms. The maximum Gasteiger partial charge on any atom is 0.115 e. The zero-order valence-electron chi connectivity index (χ0n) is 11.6. The van der Waals surface area contributed by atoms with Crippen molar-refractivity contribution < 1.29 is 5.11 Å². The highest BCUT2D eigenvalue weighted by molar-refractivity contribution is 5.27. The summed E-state index contributed by atoms with van der Waals surface area (Å²) in [6.07, 6.45) is 0. The van der Waals surface area contributed by atoms with E-state index in [-0.39, 0.29) is 0 Å². The second-order valence-electron chi connectivity index (χ2n) is 4.96. The van der Waals surface area contributed by atoms with Crippen LogP contribution in [0.1, 0.15) is 23.6 Å².